The molecule has 250 valence electrons. The fraction of sp³-hybridized carbons (Fsp3) is 0. The molecule has 0 N–H and O–H groups in total. The quantitative estimate of drug-likeness (QED) is 0.173. The number of aromatic nitrogens is 4. The SMILES string of the molecule is c1ccc(-c2nc(-c3ccc4cc(-c5ccc6c7ccccc7c7ccccc7c6c5)ccc4c3)nc(-c3ccc4c(cnc5ccccc54)c3)n2)cc1. The summed E-state index contributed by atoms with van der Waals surface area (Å²) in [6, 6.07) is 62.3. The van der Waals surface area contributed by atoms with Crippen molar-refractivity contribution in [1.82, 2.24) is 19.9 Å². The van der Waals surface area contributed by atoms with Gasteiger partial charge in [-0.05, 0) is 89.9 Å². The maximum atomic E-state index is 5.07. The molecule has 2 aromatic heterocycles. The molecule has 0 spiro atoms. The van der Waals surface area contributed by atoms with Crippen molar-refractivity contribution in [1.29, 1.82) is 0 Å². The van der Waals surface area contributed by atoms with Crippen molar-refractivity contribution in [2.45, 2.75) is 0 Å². The van der Waals surface area contributed by atoms with Crippen molar-refractivity contribution in [3.8, 4) is 45.3 Å². The highest BCUT2D eigenvalue weighted by atomic mass is 15.0. The van der Waals surface area contributed by atoms with Crippen LogP contribution in [0.3, 0.4) is 0 Å². The number of hydrogen-bond acceptors (Lipinski definition) is 4. The van der Waals surface area contributed by atoms with Crippen LogP contribution >= 0.6 is 0 Å². The Labute approximate surface area is 311 Å². The highest BCUT2D eigenvalue weighted by molar-refractivity contribution is 6.25. The van der Waals surface area contributed by atoms with Crippen molar-refractivity contribution < 1.29 is 0 Å². The summed E-state index contributed by atoms with van der Waals surface area (Å²) in [4.78, 5) is 19.8. The third-order valence-electron chi connectivity index (χ3n) is 10.7. The first-order valence-electron chi connectivity index (χ1n) is 18.2. The minimum atomic E-state index is 0.626. The number of hydrogen-bond donors (Lipinski definition) is 0. The third kappa shape index (κ3) is 5.00. The molecule has 0 atom stereocenters. The standard InChI is InChI=1S/C50H30N4/c1-2-10-31(11-3-1)48-52-49(54-50(53-48)37-23-24-39-38(28-37)30-51-47-17-9-8-16-45(39)47)36-21-20-32-26-33(18-19-34(32)27-36)35-22-25-44-42-14-5-4-12-40(42)41-13-6-7-15-43(41)46(44)29-35/h1-30H. The van der Waals surface area contributed by atoms with E-state index in [1.165, 1.54) is 43.4 Å². The lowest BCUT2D eigenvalue weighted by Gasteiger charge is -2.12. The van der Waals surface area contributed by atoms with Crippen LogP contribution in [0.2, 0.25) is 0 Å². The summed E-state index contributed by atoms with van der Waals surface area (Å²) in [5.41, 5.74) is 6.16. The Balaban J connectivity index is 1.01. The highest BCUT2D eigenvalue weighted by Crippen LogP contribution is 2.38. The van der Waals surface area contributed by atoms with E-state index in [1.807, 2.05) is 48.7 Å². The van der Waals surface area contributed by atoms with E-state index in [2.05, 4.69) is 133 Å². The Kier molecular flexibility index (Phi) is 6.82. The average Bonchev–Trinajstić information content (AvgIpc) is 3.26. The molecule has 0 aliphatic rings. The lowest BCUT2D eigenvalue weighted by Crippen LogP contribution is -2.00. The van der Waals surface area contributed by atoms with Crippen LogP contribution in [-0.4, -0.2) is 19.9 Å². The molecule has 0 saturated carbocycles. The Morgan fingerprint density at radius 3 is 1.39 bits per heavy atom. The van der Waals surface area contributed by atoms with E-state index in [4.69, 9.17) is 19.9 Å². The van der Waals surface area contributed by atoms with Crippen molar-refractivity contribution in [3.05, 3.63) is 182 Å². The predicted molar refractivity (Wildman–Crippen MR) is 224 cm³/mol. The maximum absolute atomic E-state index is 5.07. The number of nitrogens with zero attached hydrogens (tertiary/aromatic N) is 4. The average molecular weight is 687 g/mol. The second-order valence-corrected chi connectivity index (χ2v) is 13.9. The second kappa shape index (κ2) is 12.1. The van der Waals surface area contributed by atoms with E-state index in [1.54, 1.807) is 0 Å². The molecule has 0 saturated heterocycles. The first kappa shape index (κ1) is 30.3. The smallest absolute Gasteiger partial charge is 0.164 e. The lowest BCUT2D eigenvalue weighted by molar-refractivity contribution is 1.07. The van der Waals surface area contributed by atoms with Crippen molar-refractivity contribution in [2.24, 2.45) is 0 Å². The molecule has 54 heavy (non-hydrogen) atoms. The summed E-state index contributed by atoms with van der Waals surface area (Å²) in [5, 5.41) is 13.3. The topological polar surface area (TPSA) is 51.6 Å². The van der Waals surface area contributed by atoms with Gasteiger partial charge in [-0.2, -0.15) is 0 Å². The van der Waals surface area contributed by atoms with Crippen LogP contribution < -0.4 is 0 Å². The molecule has 0 aliphatic heterocycles. The molecule has 0 aliphatic carbocycles. The van der Waals surface area contributed by atoms with Gasteiger partial charge in [-0.1, -0.05) is 146 Å². The Bertz CT molecular complexity index is 3240. The number of pyridine rings is 1. The van der Waals surface area contributed by atoms with Crippen LogP contribution in [-0.2, 0) is 0 Å². The second-order valence-electron chi connectivity index (χ2n) is 13.9. The summed E-state index contributed by atoms with van der Waals surface area (Å²) in [6.07, 6.45) is 1.93. The van der Waals surface area contributed by atoms with Gasteiger partial charge >= 0.3 is 0 Å². The molecule has 4 heteroatoms. The van der Waals surface area contributed by atoms with Gasteiger partial charge in [-0.3, -0.25) is 4.98 Å². The van der Waals surface area contributed by atoms with Gasteiger partial charge in [-0.15, -0.1) is 0 Å². The zero-order valence-corrected chi connectivity index (χ0v) is 29.1. The monoisotopic (exact) mass is 686 g/mol. The van der Waals surface area contributed by atoms with E-state index in [0.717, 1.165) is 49.1 Å². The van der Waals surface area contributed by atoms with Crippen LogP contribution in [0, 0.1) is 0 Å². The van der Waals surface area contributed by atoms with E-state index in [9.17, 15) is 0 Å². The Hall–Kier alpha value is -7.30. The molecule has 9 aromatic carbocycles. The zero-order valence-electron chi connectivity index (χ0n) is 29.1. The van der Waals surface area contributed by atoms with Crippen LogP contribution in [0.1, 0.15) is 0 Å². The molecule has 0 amide bonds. The first-order chi connectivity index (χ1) is 26.7. The Morgan fingerprint density at radius 2 is 0.704 bits per heavy atom. The van der Waals surface area contributed by atoms with Crippen LogP contribution in [0.5, 0.6) is 0 Å². The van der Waals surface area contributed by atoms with Gasteiger partial charge in [0.15, 0.2) is 17.5 Å². The molecular formula is C50H30N4. The number of fused-ring (bicyclic) bond motifs is 10. The van der Waals surface area contributed by atoms with Crippen LogP contribution in [0.15, 0.2) is 182 Å². The van der Waals surface area contributed by atoms with Crippen molar-refractivity contribution in [3.63, 3.8) is 0 Å². The molecule has 11 aromatic rings. The predicted octanol–water partition coefficient (Wildman–Crippen LogP) is 12.9. The lowest BCUT2D eigenvalue weighted by atomic mass is 9.91. The van der Waals surface area contributed by atoms with Gasteiger partial charge in [0.05, 0.1) is 5.52 Å². The minimum absolute atomic E-state index is 0.626. The summed E-state index contributed by atoms with van der Waals surface area (Å²) in [6.45, 7) is 0. The van der Waals surface area contributed by atoms with Gasteiger partial charge in [0.1, 0.15) is 0 Å². The van der Waals surface area contributed by atoms with Gasteiger partial charge in [0.2, 0.25) is 0 Å². The maximum Gasteiger partial charge on any atom is 0.164 e. The molecule has 4 nitrogen and oxygen atoms in total. The number of benzene rings is 9. The van der Waals surface area contributed by atoms with E-state index >= 15 is 0 Å². The summed E-state index contributed by atoms with van der Waals surface area (Å²) in [5.74, 6) is 1.90. The summed E-state index contributed by atoms with van der Waals surface area (Å²) < 4.78 is 0. The molecule has 0 unspecified atom stereocenters. The zero-order chi connectivity index (χ0) is 35.6. The summed E-state index contributed by atoms with van der Waals surface area (Å²) in [7, 11) is 0. The Morgan fingerprint density at radius 1 is 0.259 bits per heavy atom. The minimum Gasteiger partial charge on any atom is -0.256 e. The number of para-hydroxylation sites is 1. The molecule has 2 heterocycles. The summed E-state index contributed by atoms with van der Waals surface area (Å²) >= 11 is 0. The van der Waals surface area contributed by atoms with Gasteiger partial charge in [-0.25, -0.2) is 15.0 Å². The van der Waals surface area contributed by atoms with Gasteiger partial charge in [0, 0.05) is 33.7 Å². The fourth-order valence-electron chi connectivity index (χ4n) is 8.01. The van der Waals surface area contributed by atoms with E-state index < -0.39 is 0 Å². The normalized spacial score (nSPS) is 11.7. The van der Waals surface area contributed by atoms with E-state index in [0.29, 0.717) is 17.5 Å². The van der Waals surface area contributed by atoms with Crippen molar-refractivity contribution >= 4 is 64.8 Å². The van der Waals surface area contributed by atoms with Gasteiger partial charge in [0.25, 0.3) is 0 Å². The van der Waals surface area contributed by atoms with Gasteiger partial charge < -0.3 is 0 Å². The largest absolute Gasteiger partial charge is 0.256 e. The first-order valence-corrected chi connectivity index (χ1v) is 18.2. The van der Waals surface area contributed by atoms with E-state index in [-0.39, 0.29) is 0 Å². The van der Waals surface area contributed by atoms with Crippen LogP contribution in [0.4, 0.5) is 0 Å². The van der Waals surface area contributed by atoms with Crippen LogP contribution in [0.25, 0.3) is 110 Å². The van der Waals surface area contributed by atoms with Crippen molar-refractivity contribution in [2.75, 3.05) is 0 Å². The third-order valence-corrected chi connectivity index (χ3v) is 10.7. The molecule has 0 fully saturated rings. The molecule has 0 bridgehead atoms. The fourth-order valence-corrected chi connectivity index (χ4v) is 8.01. The molecule has 0 radical (unpaired) electrons. The molecular weight excluding hydrogens is 657 g/mol. The molecule has 11 rings (SSSR count). The highest BCUT2D eigenvalue weighted by Gasteiger charge is 2.15. The number of rotatable bonds is 4.